The molecule has 4 aromatic rings. The third-order valence-corrected chi connectivity index (χ3v) is 3.25. The first-order chi connectivity index (χ1) is 9.92. The van der Waals surface area contributed by atoms with Crippen molar-refractivity contribution in [2.45, 2.75) is 0 Å². The Morgan fingerprint density at radius 3 is 2.60 bits per heavy atom. The third-order valence-electron chi connectivity index (χ3n) is 3.25. The summed E-state index contributed by atoms with van der Waals surface area (Å²) >= 11 is 0. The SMILES string of the molecule is c1ccc(-c2ccc3ncc(-c4ccoc4)n3n2)cc1. The van der Waals surface area contributed by atoms with Crippen LogP contribution in [-0.2, 0) is 0 Å². The lowest BCUT2D eigenvalue weighted by atomic mass is 10.1. The van der Waals surface area contributed by atoms with Crippen molar-refractivity contribution in [3.63, 3.8) is 0 Å². The van der Waals surface area contributed by atoms with Crippen LogP contribution < -0.4 is 0 Å². The fraction of sp³-hybridized carbons (Fsp3) is 0. The Labute approximate surface area is 115 Å². The Morgan fingerprint density at radius 2 is 1.80 bits per heavy atom. The molecule has 4 rings (SSSR count). The van der Waals surface area contributed by atoms with E-state index in [1.54, 1.807) is 12.5 Å². The lowest BCUT2D eigenvalue weighted by Crippen LogP contribution is -1.96. The number of nitrogens with zero attached hydrogens (tertiary/aromatic N) is 3. The molecule has 0 aliphatic rings. The molecule has 96 valence electrons. The van der Waals surface area contributed by atoms with Crippen molar-refractivity contribution in [3.05, 3.63) is 67.3 Å². The summed E-state index contributed by atoms with van der Waals surface area (Å²) in [6.45, 7) is 0. The summed E-state index contributed by atoms with van der Waals surface area (Å²) in [6, 6.07) is 16.0. The van der Waals surface area contributed by atoms with Gasteiger partial charge in [0.15, 0.2) is 5.65 Å². The minimum Gasteiger partial charge on any atom is -0.472 e. The molecule has 0 N–H and O–H groups in total. The molecule has 0 fully saturated rings. The van der Waals surface area contributed by atoms with Crippen molar-refractivity contribution in [3.8, 4) is 22.5 Å². The van der Waals surface area contributed by atoms with E-state index < -0.39 is 0 Å². The van der Waals surface area contributed by atoms with E-state index in [0.29, 0.717) is 0 Å². The van der Waals surface area contributed by atoms with Crippen LogP contribution >= 0.6 is 0 Å². The van der Waals surface area contributed by atoms with Gasteiger partial charge in [-0.25, -0.2) is 9.50 Å². The fourth-order valence-corrected chi connectivity index (χ4v) is 2.24. The first-order valence-electron chi connectivity index (χ1n) is 6.34. The summed E-state index contributed by atoms with van der Waals surface area (Å²) in [5.74, 6) is 0. The van der Waals surface area contributed by atoms with Crippen LogP contribution in [0.4, 0.5) is 0 Å². The average molecular weight is 261 g/mol. The molecule has 0 aliphatic heterocycles. The van der Waals surface area contributed by atoms with Gasteiger partial charge in [0.2, 0.25) is 0 Å². The second-order valence-electron chi connectivity index (χ2n) is 4.51. The van der Waals surface area contributed by atoms with E-state index in [-0.39, 0.29) is 0 Å². The maximum Gasteiger partial charge on any atom is 0.154 e. The van der Waals surface area contributed by atoms with Crippen LogP contribution in [0, 0.1) is 0 Å². The number of furan rings is 1. The second-order valence-corrected chi connectivity index (χ2v) is 4.51. The lowest BCUT2D eigenvalue weighted by Gasteiger charge is -2.03. The molecule has 1 aromatic carbocycles. The predicted molar refractivity (Wildman–Crippen MR) is 76.1 cm³/mol. The third kappa shape index (κ3) is 1.70. The maximum absolute atomic E-state index is 5.13. The minimum absolute atomic E-state index is 0.820. The van der Waals surface area contributed by atoms with E-state index in [2.05, 4.69) is 10.1 Å². The molecule has 0 aliphatic carbocycles. The molecule has 3 aromatic heterocycles. The summed E-state index contributed by atoms with van der Waals surface area (Å²) in [5.41, 5.74) is 4.71. The highest BCUT2D eigenvalue weighted by Gasteiger charge is 2.09. The van der Waals surface area contributed by atoms with Crippen LogP contribution in [0.2, 0.25) is 0 Å². The Hall–Kier alpha value is -2.88. The molecule has 0 spiro atoms. The standard InChI is InChI=1S/C16H11N3O/c1-2-4-12(5-3-1)14-6-7-16-17-10-15(19(16)18-14)13-8-9-20-11-13/h1-11H. The van der Waals surface area contributed by atoms with Crippen LogP contribution in [0.25, 0.3) is 28.2 Å². The minimum atomic E-state index is 0.820. The fourth-order valence-electron chi connectivity index (χ4n) is 2.24. The van der Waals surface area contributed by atoms with Crippen LogP contribution in [-0.4, -0.2) is 14.6 Å². The summed E-state index contributed by atoms with van der Waals surface area (Å²) in [6.07, 6.45) is 5.15. The van der Waals surface area contributed by atoms with Crippen molar-refractivity contribution in [1.29, 1.82) is 0 Å². The van der Waals surface area contributed by atoms with Crippen LogP contribution in [0.3, 0.4) is 0 Å². The first-order valence-corrected chi connectivity index (χ1v) is 6.34. The normalized spacial score (nSPS) is 11.0. The molecule has 3 heterocycles. The van der Waals surface area contributed by atoms with Gasteiger partial charge in [-0.1, -0.05) is 30.3 Å². The summed E-state index contributed by atoms with van der Waals surface area (Å²) in [7, 11) is 0. The highest BCUT2D eigenvalue weighted by molar-refractivity contribution is 5.65. The molecule has 0 saturated heterocycles. The molecule has 20 heavy (non-hydrogen) atoms. The monoisotopic (exact) mass is 261 g/mol. The Morgan fingerprint density at radius 1 is 0.900 bits per heavy atom. The topological polar surface area (TPSA) is 43.3 Å². The molecule has 4 heteroatoms. The van der Waals surface area contributed by atoms with Gasteiger partial charge in [0.1, 0.15) is 0 Å². The molecule has 0 radical (unpaired) electrons. The smallest absolute Gasteiger partial charge is 0.154 e. The van der Waals surface area contributed by atoms with Crippen LogP contribution in [0.15, 0.2) is 71.7 Å². The zero-order chi connectivity index (χ0) is 13.4. The van der Waals surface area contributed by atoms with Gasteiger partial charge >= 0.3 is 0 Å². The van der Waals surface area contributed by atoms with Crippen molar-refractivity contribution in [2.24, 2.45) is 0 Å². The molecule has 0 bridgehead atoms. The quantitative estimate of drug-likeness (QED) is 0.553. The summed E-state index contributed by atoms with van der Waals surface area (Å²) in [4.78, 5) is 4.37. The Kier molecular flexibility index (Phi) is 2.39. The average Bonchev–Trinajstić information content (AvgIpc) is 3.16. The van der Waals surface area contributed by atoms with Crippen molar-refractivity contribution < 1.29 is 4.42 Å². The van der Waals surface area contributed by atoms with Crippen LogP contribution in [0.1, 0.15) is 0 Å². The largest absolute Gasteiger partial charge is 0.472 e. The molecular formula is C16H11N3O. The molecule has 0 amide bonds. The van der Waals surface area contributed by atoms with Gasteiger partial charge in [-0.05, 0) is 18.2 Å². The predicted octanol–water partition coefficient (Wildman–Crippen LogP) is 3.66. The van der Waals surface area contributed by atoms with Crippen molar-refractivity contribution in [1.82, 2.24) is 14.6 Å². The second kappa shape index (κ2) is 4.35. The zero-order valence-corrected chi connectivity index (χ0v) is 10.6. The van der Waals surface area contributed by atoms with E-state index in [0.717, 1.165) is 28.2 Å². The molecule has 0 unspecified atom stereocenters. The number of benzene rings is 1. The van der Waals surface area contributed by atoms with Crippen molar-refractivity contribution in [2.75, 3.05) is 0 Å². The van der Waals surface area contributed by atoms with E-state index >= 15 is 0 Å². The van der Waals surface area contributed by atoms with E-state index in [4.69, 9.17) is 4.42 Å². The van der Waals surface area contributed by atoms with E-state index in [1.165, 1.54) is 0 Å². The Bertz CT molecular complexity index is 848. The highest BCUT2D eigenvalue weighted by atomic mass is 16.3. The summed E-state index contributed by atoms with van der Waals surface area (Å²) in [5, 5.41) is 4.67. The van der Waals surface area contributed by atoms with Gasteiger partial charge < -0.3 is 4.42 Å². The number of hydrogen-bond acceptors (Lipinski definition) is 3. The van der Waals surface area contributed by atoms with Gasteiger partial charge in [-0.15, -0.1) is 0 Å². The van der Waals surface area contributed by atoms with E-state index in [1.807, 2.05) is 59.2 Å². The van der Waals surface area contributed by atoms with Gasteiger partial charge in [-0.2, -0.15) is 5.10 Å². The van der Waals surface area contributed by atoms with Crippen molar-refractivity contribution >= 4 is 5.65 Å². The molecule has 0 saturated carbocycles. The number of fused-ring (bicyclic) bond motifs is 1. The number of rotatable bonds is 2. The first kappa shape index (κ1) is 11.0. The lowest BCUT2D eigenvalue weighted by molar-refractivity contribution is 0.568. The van der Waals surface area contributed by atoms with Gasteiger partial charge in [-0.3, -0.25) is 0 Å². The Balaban J connectivity index is 1.92. The highest BCUT2D eigenvalue weighted by Crippen LogP contribution is 2.22. The van der Waals surface area contributed by atoms with Gasteiger partial charge in [0, 0.05) is 11.1 Å². The number of hydrogen-bond donors (Lipinski definition) is 0. The number of imidazole rings is 1. The summed E-state index contributed by atoms with van der Waals surface area (Å²) < 4.78 is 6.97. The molecular weight excluding hydrogens is 250 g/mol. The van der Waals surface area contributed by atoms with Crippen LogP contribution in [0.5, 0.6) is 0 Å². The van der Waals surface area contributed by atoms with Gasteiger partial charge in [0.25, 0.3) is 0 Å². The maximum atomic E-state index is 5.13. The molecule has 0 atom stereocenters. The number of aromatic nitrogens is 3. The van der Waals surface area contributed by atoms with E-state index in [9.17, 15) is 0 Å². The molecule has 4 nitrogen and oxygen atoms in total. The zero-order valence-electron chi connectivity index (χ0n) is 10.6. The van der Waals surface area contributed by atoms with Gasteiger partial charge in [0.05, 0.1) is 30.1 Å².